The summed E-state index contributed by atoms with van der Waals surface area (Å²) in [5, 5.41) is 10.0. The van der Waals surface area contributed by atoms with Gasteiger partial charge in [0.2, 0.25) is 0 Å². The summed E-state index contributed by atoms with van der Waals surface area (Å²) >= 11 is 8.10. The fourth-order valence-corrected chi connectivity index (χ4v) is 5.21. The second kappa shape index (κ2) is 7.83. The predicted octanol–water partition coefficient (Wildman–Crippen LogP) is 4.47. The van der Waals surface area contributed by atoms with E-state index in [0.29, 0.717) is 9.23 Å². The van der Waals surface area contributed by atoms with Gasteiger partial charge in [0.25, 0.3) is 5.91 Å². The Balaban J connectivity index is 1.62. The standard InChI is InChI=1S/C20H14N2O3S3/c23-18(24)12-21-14-8-4-5-9-15(14)27-17(21)11-10-16-19(25)22(20(26)28-16)13-6-2-1-3-7-13/h1-11H,12H2,(H,23,24)/b16-10+,17-11+. The monoisotopic (exact) mass is 426 g/mol. The first-order chi connectivity index (χ1) is 13.5. The Bertz CT molecular complexity index is 1030. The highest BCUT2D eigenvalue weighted by molar-refractivity contribution is 8.27. The van der Waals surface area contributed by atoms with Crippen LogP contribution in [0.1, 0.15) is 0 Å². The van der Waals surface area contributed by atoms with Crippen LogP contribution in [0.15, 0.2) is 81.6 Å². The van der Waals surface area contributed by atoms with Crippen molar-refractivity contribution in [1.29, 1.82) is 0 Å². The minimum absolute atomic E-state index is 0.144. The van der Waals surface area contributed by atoms with Crippen LogP contribution in [0.2, 0.25) is 0 Å². The Labute approximate surface area is 175 Å². The van der Waals surface area contributed by atoms with E-state index in [0.717, 1.165) is 21.3 Å². The van der Waals surface area contributed by atoms with Crippen molar-refractivity contribution in [2.75, 3.05) is 16.3 Å². The summed E-state index contributed by atoms with van der Waals surface area (Å²) < 4.78 is 0.477. The van der Waals surface area contributed by atoms with E-state index >= 15 is 0 Å². The van der Waals surface area contributed by atoms with Crippen LogP contribution in [-0.2, 0) is 9.59 Å². The lowest BCUT2D eigenvalue weighted by Gasteiger charge is -2.17. The van der Waals surface area contributed by atoms with Gasteiger partial charge in [-0.05, 0) is 36.4 Å². The number of benzene rings is 2. The van der Waals surface area contributed by atoms with E-state index in [9.17, 15) is 14.7 Å². The van der Waals surface area contributed by atoms with Gasteiger partial charge < -0.3 is 10.0 Å². The molecular formula is C20H14N2O3S3. The van der Waals surface area contributed by atoms with E-state index in [1.54, 1.807) is 17.1 Å². The molecule has 4 rings (SSSR count). The van der Waals surface area contributed by atoms with Gasteiger partial charge in [-0.25, -0.2) is 0 Å². The highest BCUT2D eigenvalue weighted by Gasteiger charge is 2.33. The minimum atomic E-state index is -0.918. The third kappa shape index (κ3) is 3.58. The molecule has 0 spiro atoms. The van der Waals surface area contributed by atoms with Crippen molar-refractivity contribution < 1.29 is 14.7 Å². The average molecular weight is 427 g/mol. The van der Waals surface area contributed by atoms with Gasteiger partial charge in [-0.2, -0.15) is 0 Å². The number of thioether (sulfide) groups is 2. The summed E-state index contributed by atoms with van der Waals surface area (Å²) in [7, 11) is 0. The molecule has 1 amide bonds. The Morgan fingerprint density at radius 3 is 2.50 bits per heavy atom. The highest BCUT2D eigenvalue weighted by Crippen LogP contribution is 2.46. The molecule has 2 aromatic rings. The van der Waals surface area contributed by atoms with Gasteiger partial charge in [-0.1, -0.05) is 66.1 Å². The van der Waals surface area contributed by atoms with Crippen molar-refractivity contribution in [3.05, 3.63) is 76.7 Å². The fourth-order valence-electron chi connectivity index (χ4n) is 2.90. The van der Waals surface area contributed by atoms with E-state index in [1.807, 2.05) is 54.6 Å². The number of carboxylic acid groups (broad SMARTS) is 1. The van der Waals surface area contributed by atoms with Crippen LogP contribution in [0, 0.1) is 0 Å². The average Bonchev–Trinajstić information content (AvgIpc) is 3.17. The molecule has 28 heavy (non-hydrogen) atoms. The van der Waals surface area contributed by atoms with Crippen molar-refractivity contribution in [2.45, 2.75) is 4.90 Å². The molecule has 1 N–H and O–H groups in total. The van der Waals surface area contributed by atoms with Gasteiger partial charge in [-0.15, -0.1) is 0 Å². The lowest BCUT2D eigenvalue weighted by Crippen LogP contribution is -2.27. The van der Waals surface area contributed by atoms with E-state index in [-0.39, 0.29) is 12.5 Å². The molecule has 1 saturated heterocycles. The molecule has 1 fully saturated rings. The van der Waals surface area contributed by atoms with Crippen molar-refractivity contribution in [3.63, 3.8) is 0 Å². The van der Waals surface area contributed by atoms with Gasteiger partial charge in [-0.3, -0.25) is 14.5 Å². The van der Waals surface area contributed by atoms with Crippen LogP contribution in [0.3, 0.4) is 0 Å². The zero-order chi connectivity index (χ0) is 19.7. The van der Waals surface area contributed by atoms with Gasteiger partial charge in [0.15, 0.2) is 4.32 Å². The Morgan fingerprint density at radius 1 is 1.04 bits per heavy atom. The number of rotatable bonds is 4. The van der Waals surface area contributed by atoms with E-state index in [1.165, 1.54) is 28.4 Å². The van der Waals surface area contributed by atoms with E-state index in [2.05, 4.69) is 0 Å². The SMILES string of the molecule is O=C(O)CN1/C(=C\C=C2\SC(=S)N(c3ccccc3)C2=O)Sc2ccccc21. The predicted molar refractivity (Wildman–Crippen MR) is 118 cm³/mol. The number of carboxylic acids is 1. The lowest BCUT2D eigenvalue weighted by atomic mass is 10.3. The number of amides is 1. The molecule has 2 aliphatic rings. The first-order valence-corrected chi connectivity index (χ1v) is 10.4. The van der Waals surface area contributed by atoms with E-state index in [4.69, 9.17) is 12.2 Å². The second-order valence-corrected chi connectivity index (χ2v) is 8.67. The topological polar surface area (TPSA) is 60.9 Å². The van der Waals surface area contributed by atoms with Crippen LogP contribution < -0.4 is 9.80 Å². The molecule has 2 aliphatic heterocycles. The summed E-state index contributed by atoms with van der Waals surface area (Å²) in [6.45, 7) is -0.144. The maximum atomic E-state index is 12.8. The molecule has 0 aliphatic carbocycles. The number of hydrogen-bond acceptors (Lipinski definition) is 6. The number of para-hydroxylation sites is 2. The second-order valence-electron chi connectivity index (χ2n) is 5.93. The number of allylic oxidation sites excluding steroid dienone is 2. The number of fused-ring (bicyclic) bond motifs is 1. The van der Waals surface area contributed by atoms with Gasteiger partial charge in [0, 0.05) is 4.90 Å². The molecule has 0 aromatic heterocycles. The first-order valence-electron chi connectivity index (χ1n) is 8.34. The van der Waals surface area contributed by atoms with Crippen LogP contribution in [0.4, 0.5) is 11.4 Å². The smallest absolute Gasteiger partial charge is 0.323 e. The summed E-state index contributed by atoms with van der Waals surface area (Å²) in [5.74, 6) is -1.10. The Morgan fingerprint density at radius 2 is 1.75 bits per heavy atom. The van der Waals surface area contributed by atoms with Crippen molar-refractivity contribution >= 4 is 63.3 Å². The zero-order valence-corrected chi connectivity index (χ0v) is 16.9. The molecule has 2 heterocycles. The quantitative estimate of drug-likeness (QED) is 0.572. The molecule has 0 unspecified atom stereocenters. The minimum Gasteiger partial charge on any atom is -0.480 e. The zero-order valence-electron chi connectivity index (χ0n) is 14.4. The van der Waals surface area contributed by atoms with Gasteiger partial charge in [0.1, 0.15) is 6.54 Å². The van der Waals surface area contributed by atoms with Crippen molar-refractivity contribution in [3.8, 4) is 0 Å². The molecule has 0 atom stereocenters. The number of thiocarbonyl (C=S) groups is 1. The number of hydrogen-bond donors (Lipinski definition) is 1. The summed E-state index contributed by atoms with van der Waals surface area (Å²) in [6, 6.07) is 16.9. The fraction of sp³-hybridized carbons (Fsp3) is 0.0500. The molecule has 5 nitrogen and oxygen atoms in total. The molecule has 140 valence electrons. The van der Waals surface area contributed by atoms with Gasteiger partial charge in [0.05, 0.1) is 21.3 Å². The van der Waals surface area contributed by atoms with Crippen LogP contribution in [0.25, 0.3) is 0 Å². The summed E-state index contributed by atoms with van der Waals surface area (Å²) in [5.41, 5.74) is 1.59. The van der Waals surface area contributed by atoms with Crippen LogP contribution in [0.5, 0.6) is 0 Å². The van der Waals surface area contributed by atoms with Crippen LogP contribution >= 0.6 is 35.7 Å². The Kier molecular flexibility index (Phi) is 5.25. The normalized spacial score (nSPS) is 19.0. The number of carbonyl (C=O) groups excluding carboxylic acids is 1. The molecule has 2 aromatic carbocycles. The molecule has 0 bridgehead atoms. The summed E-state index contributed by atoms with van der Waals surface area (Å²) in [4.78, 5) is 28.8. The maximum absolute atomic E-state index is 12.8. The van der Waals surface area contributed by atoms with Crippen molar-refractivity contribution in [1.82, 2.24) is 0 Å². The molecule has 8 heteroatoms. The van der Waals surface area contributed by atoms with Crippen molar-refractivity contribution in [2.24, 2.45) is 0 Å². The number of carbonyl (C=O) groups is 2. The number of aliphatic carboxylic acids is 1. The third-order valence-corrected chi connectivity index (χ3v) is 6.57. The van der Waals surface area contributed by atoms with Crippen LogP contribution in [-0.4, -0.2) is 27.8 Å². The molecule has 0 radical (unpaired) electrons. The Hall–Kier alpha value is -2.55. The largest absolute Gasteiger partial charge is 0.480 e. The number of anilines is 2. The first kappa shape index (κ1) is 18.8. The third-order valence-electron chi connectivity index (χ3n) is 4.12. The summed E-state index contributed by atoms with van der Waals surface area (Å²) in [6.07, 6.45) is 3.50. The van der Waals surface area contributed by atoms with E-state index < -0.39 is 5.97 Å². The maximum Gasteiger partial charge on any atom is 0.323 e. The molecular weight excluding hydrogens is 412 g/mol. The highest BCUT2D eigenvalue weighted by atomic mass is 32.2. The van der Waals surface area contributed by atoms with Gasteiger partial charge >= 0.3 is 5.97 Å². The lowest BCUT2D eigenvalue weighted by molar-refractivity contribution is -0.135. The number of nitrogens with zero attached hydrogens (tertiary/aromatic N) is 2. The molecule has 0 saturated carbocycles.